The Balaban J connectivity index is 2.02. The van der Waals surface area contributed by atoms with E-state index in [-0.39, 0.29) is 11.4 Å². The zero-order valence-corrected chi connectivity index (χ0v) is 11.7. The Morgan fingerprint density at radius 1 is 1.18 bits per heavy atom. The third-order valence-electron chi connectivity index (χ3n) is 3.10. The van der Waals surface area contributed by atoms with Gasteiger partial charge in [-0.2, -0.15) is 9.47 Å². The summed E-state index contributed by atoms with van der Waals surface area (Å²) in [7, 11) is 0. The van der Waals surface area contributed by atoms with E-state index in [0.29, 0.717) is 27.3 Å². The number of aromatic amines is 2. The van der Waals surface area contributed by atoms with Crippen LogP contribution in [0.5, 0.6) is 0 Å². The Bertz CT molecular complexity index is 1020. The van der Waals surface area contributed by atoms with Gasteiger partial charge in [-0.25, -0.2) is 14.4 Å². The van der Waals surface area contributed by atoms with Crippen LogP contribution in [-0.4, -0.2) is 29.5 Å². The number of nitrogens with one attached hydrogen (secondary N) is 2. The first-order valence-electron chi connectivity index (χ1n) is 6.24. The highest BCUT2D eigenvalue weighted by atomic mass is 32.1. The van der Waals surface area contributed by atoms with Crippen molar-refractivity contribution in [2.75, 3.05) is 0 Å². The van der Waals surface area contributed by atoms with Gasteiger partial charge in [0.05, 0.1) is 0 Å². The van der Waals surface area contributed by atoms with Gasteiger partial charge in [-0.15, -0.1) is 0 Å². The molecule has 0 atom stereocenters. The van der Waals surface area contributed by atoms with Gasteiger partial charge in [0.2, 0.25) is 0 Å². The molecule has 108 valence electrons. The van der Waals surface area contributed by atoms with E-state index in [4.69, 9.17) is 0 Å². The molecule has 0 radical (unpaired) electrons. The normalized spacial score (nSPS) is 11.1. The monoisotopic (exact) mass is 314 g/mol. The molecule has 4 rings (SSSR count). The second kappa shape index (κ2) is 4.81. The molecule has 2 N–H and O–H groups in total. The molecule has 0 saturated heterocycles. The quantitative estimate of drug-likeness (QED) is 0.589. The number of hydrogen-bond acceptors (Lipinski definition) is 6. The maximum atomic E-state index is 14.0. The van der Waals surface area contributed by atoms with E-state index in [1.54, 1.807) is 18.2 Å². The Hall–Kier alpha value is -2.94. The minimum absolute atomic E-state index is 0.229. The van der Waals surface area contributed by atoms with Crippen LogP contribution in [0.15, 0.2) is 35.4 Å². The van der Waals surface area contributed by atoms with Gasteiger partial charge in [0.25, 0.3) is 5.56 Å². The van der Waals surface area contributed by atoms with Crippen LogP contribution in [0, 0.1) is 5.82 Å². The lowest BCUT2D eigenvalue weighted by Gasteiger charge is -2.00. The molecule has 7 nitrogen and oxygen atoms in total. The predicted octanol–water partition coefficient (Wildman–Crippen LogP) is 1.97. The second-order valence-corrected chi connectivity index (χ2v) is 5.21. The fourth-order valence-electron chi connectivity index (χ4n) is 2.10. The molecule has 4 aromatic rings. The van der Waals surface area contributed by atoms with Gasteiger partial charge in [0.1, 0.15) is 28.1 Å². The van der Waals surface area contributed by atoms with E-state index < -0.39 is 5.82 Å². The second-order valence-electron chi connectivity index (χ2n) is 4.44. The first-order valence-corrected chi connectivity index (χ1v) is 7.01. The van der Waals surface area contributed by atoms with Crippen LogP contribution in [0.4, 0.5) is 4.39 Å². The first kappa shape index (κ1) is 12.8. The zero-order valence-electron chi connectivity index (χ0n) is 10.9. The Morgan fingerprint density at radius 2 is 2.05 bits per heavy atom. The first-order chi connectivity index (χ1) is 10.7. The van der Waals surface area contributed by atoms with Crippen molar-refractivity contribution in [1.29, 1.82) is 0 Å². The standard InChI is InChI=1S/C13H7FN6OS/c14-7-4-2-1-3-6(7)8-9-10(22-20-8)13(21)18-12(17-9)11-15-5-16-19-11/h1-5H,(H,15,16,19)(H,17,18,21). The number of nitrogens with zero attached hydrogens (tertiary/aromatic N) is 4. The molecule has 0 aliphatic rings. The van der Waals surface area contributed by atoms with E-state index in [0.717, 1.165) is 11.5 Å². The van der Waals surface area contributed by atoms with Crippen LogP contribution in [0.2, 0.25) is 0 Å². The molecule has 3 aromatic heterocycles. The summed E-state index contributed by atoms with van der Waals surface area (Å²) in [5.74, 6) is 0.135. The van der Waals surface area contributed by atoms with Crippen molar-refractivity contribution < 1.29 is 4.39 Å². The number of hydrogen-bond donors (Lipinski definition) is 2. The van der Waals surface area contributed by atoms with Crippen LogP contribution in [0.1, 0.15) is 0 Å². The van der Waals surface area contributed by atoms with Crippen molar-refractivity contribution >= 4 is 21.7 Å². The van der Waals surface area contributed by atoms with Crippen molar-refractivity contribution in [2.45, 2.75) is 0 Å². The molecule has 0 saturated carbocycles. The molecule has 22 heavy (non-hydrogen) atoms. The van der Waals surface area contributed by atoms with Gasteiger partial charge in [-0.1, -0.05) is 12.1 Å². The molecule has 0 spiro atoms. The summed E-state index contributed by atoms with van der Waals surface area (Å²) in [6.07, 6.45) is 1.31. The highest BCUT2D eigenvalue weighted by Crippen LogP contribution is 2.29. The molecule has 1 aromatic carbocycles. The lowest BCUT2D eigenvalue weighted by atomic mass is 10.1. The van der Waals surface area contributed by atoms with Gasteiger partial charge in [0.15, 0.2) is 11.6 Å². The van der Waals surface area contributed by atoms with Crippen molar-refractivity contribution in [3.05, 3.63) is 46.8 Å². The highest BCUT2D eigenvalue weighted by Gasteiger charge is 2.17. The SMILES string of the molecule is O=c1[nH]c(-c2ncn[nH]2)nc2c(-c3ccccc3F)nsc12. The fraction of sp³-hybridized carbons (Fsp3) is 0. The van der Waals surface area contributed by atoms with Crippen LogP contribution in [0.25, 0.3) is 33.1 Å². The Morgan fingerprint density at radius 3 is 2.82 bits per heavy atom. The van der Waals surface area contributed by atoms with Crippen LogP contribution in [0.3, 0.4) is 0 Å². The summed E-state index contributed by atoms with van der Waals surface area (Å²) < 4.78 is 18.5. The lowest BCUT2D eigenvalue weighted by molar-refractivity contribution is 0.631. The Labute approximate surface area is 126 Å². The number of benzene rings is 1. The Kier molecular flexibility index (Phi) is 2.79. The molecule has 0 unspecified atom stereocenters. The minimum atomic E-state index is -0.419. The predicted molar refractivity (Wildman–Crippen MR) is 78.8 cm³/mol. The summed E-state index contributed by atoms with van der Waals surface area (Å²) in [4.78, 5) is 23.0. The van der Waals surface area contributed by atoms with Gasteiger partial charge >= 0.3 is 0 Å². The largest absolute Gasteiger partial charge is 0.303 e. The third kappa shape index (κ3) is 1.91. The van der Waals surface area contributed by atoms with Gasteiger partial charge < -0.3 is 4.98 Å². The van der Waals surface area contributed by atoms with E-state index in [2.05, 4.69) is 29.5 Å². The van der Waals surface area contributed by atoms with E-state index in [9.17, 15) is 9.18 Å². The molecule has 0 fully saturated rings. The topological polar surface area (TPSA) is 100 Å². The molecular formula is C13H7FN6OS. The maximum absolute atomic E-state index is 14.0. The van der Waals surface area contributed by atoms with E-state index >= 15 is 0 Å². The highest BCUT2D eigenvalue weighted by molar-refractivity contribution is 7.13. The summed E-state index contributed by atoms with van der Waals surface area (Å²) in [6, 6.07) is 6.23. The zero-order chi connectivity index (χ0) is 15.1. The molecule has 9 heteroatoms. The van der Waals surface area contributed by atoms with Crippen molar-refractivity contribution in [2.24, 2.45) is 0 Å². The summed E-state index contributed by atoms with van der Waals surface area (Å²) in [6.45, 7) is 0. The van der Waals surface area contributed by atoms with Crippen LogP contribution < -0.4 is 5.56 Å². The molecule has 0 aliphatic heterocycles. The van der Waals surface area contributed by atoms with Crippen molar-refractivity contribution in [3.8, 4) is 22.9 Å². The van der Waals surface area contributed by atoms with E-state index in [1.165, 1.54) is 12.4 Å². The number of halogens is 1. The van der Waals surface area contributed by atoms with Crippen LogP contribution >= 0.6 is 11.5 Å². The van der Waals surface area contributed by atoms with Gasteiger partial charge in [-0.05, 0) is 23.7 Å². The molecule has 0 bridgehead atoms. The summed E-state index contributed by atoms with van der Waals surface area (Å²) in [5, 5.41) is 6.34. The fourth-order valence-corrected chi connectivity index (χ4v) is 2.83. The van der Waals surface area contributed by atoms with Gasteiger partial charge in [-0.3, -0.25) is 9.89 Å². The average Bonchev–Trinajstić information content (AvgIpc) is 3.17. The number of rotatable bonds is 2. The summed E-state index contributed by atoms with van der Waals surface area (Å²) in [5.41, 5.74) is 0.627. The average molecular weight is 314 g/mol. The number of H-pyrrole nitrogens is 2. The molecular weight excluding hydrogens is 307 g/mol. The molecule has 3 heterocycles. The van der Waals surface area contributed by atoms with E-state index in [1.807, 2.05) is 0 Å². The molecule has 0 amide bonds. The van der Waals surface area contributed by atoms with Crippen molar-refractivity contribution in [1.82, 2.24) is 29.5 Å². The lowest BCUT2D eigenvalue weighted by Crippen LogP contribution is -2.08. The van der Waals surface area contributed by atoms with Crippen molar-refractivity contribution in [3.63, 3.8) is 0 Å². The van der Waals surface area contributed by atoms with Crippen LogP contribution in [-0.2, 0) is 0 Å². The van der Waals surface area contributed by atoms with Gasteiger partial charge in [0, 0.05) is 5.56 Å². The maximum Gasteiger partial charge on any atom is 0.270 e. The number of fused-ring (bicyclic) bond motifs is 1. The smallest absolute Gasteiger partial charge is 0.270 e. The summed E-state index contributed by atoms with van der Waals surface area (Å²) >= 11 is 0.981. The third-order valence-corrected chi connectivity index (χ3v) is 3.93. The minimum Gasteiger partial charge on any atom is -0.303 e. The number of aromatic nitrogens is 6. The molecule has 0 aliphatic carbocycles.